The lowest BCUT2D eigenvalue weighted by molar-refractivity contribution is 0.0472. The van der Waals surface area contributed by atoms with Crippen LogP contribution in [-0.2, 0) is 21.4 Å². The maximum atomic E-state index is 14.8. The molecule has 0 aliphatic carbocycles. The molecule has 0 fully saturated rings. The first-order valence-electron chi connectivity index (χ1n) is 8.85. The minimum Gasteiger partial charge on any atom is -0.505 e. The molecule has 32 heavy (non-hydrogen) atoms. The van der Waals surface area contributed by atoms with Gasteiger partial charge < -0.3 is 14.6 Å². The first kappa shape index (κ1) is 22.3. The molecule has 1 aromatic heterocycles. The second-order valence-electron chi connectivity index (χ2n) is 6.68. The summed E-state index contributed by atoms with van der Waals surface area (Å²) in [6, 6.07) is 5.79. The summed E-state index contributed by atoms with van der Waals surface area (Å²) in [6.45, 7) is -0.293. The van der Waals surface area contributed by atoms with Gasteiger partial charge in [-0.25, -0.2) is 22.6 Å². The number of hydrogen-bond donors (Lipinski definition) is 2. The number of ether oxygens (including phenoxy) is 2. The molecule has 166 valence electrons. The minimum atomic E-state index is -4.44. The normalized spacial score (nSPS) is 14.7. The van der Waals surface area contributed by atoms with E-state index in [1.165, 1.54) is 31.5 Å². The quantitative estimate of drug-likeness (QED) is 0.435. The molecule has 2 N–H and O–H groups in total. The number of hydrogen-bond acceptors (Lipinski definition) is 7. The van der Waals surface area contributed by atoms with Crippen LogP contribution < -0.4 is 9.46 Å². The lowest BCUT2D eigenvalue weighted by Gasteiger charge is -2.15. The van der Waals surface area contributed by atoms with Gasteiger partial charge in [0.25, 0.3) is 10.0 Å². The van der Waals surface area contributed by atoms with Gasteiger partial charge in [-0.15, -0.1) is 0 Å². The summed E-state index contributed by atoms with van der Waals surface area (Å²) < 4.78 is 53.4. The van der Waals surface area contributed by atoms with Gasteiger partial charge in [0.15, 0.2) is 0 Å². The molecule has 4 bridgehead atoms. The molecule has 1 aliphatic heterocycles. The molecule has 0 saturated heterocycles. The molecule has 0 spiro atoms. The second-order valence-corrected chi connectivity index (χ2v) is 9.59. The number of benzene rings is 2. The number of rotatable bonds is 1. The van der Waals surface area contributed by atoms with Crippen LogP contribution in [0.25, 0.3) is 11.1 Å². The van der Waals surface area contributed by atoms with E-state index in [4.69, 9.17) is 21.1 Å². The van der Waals surface area contributed by atoms with Crippen molar-refractivity contribution in [3.63, 3.8) is 0 Å². The average molecular weight is 544 g/mol. The van der Waals surface area contributed by atoms with Crippen molar-refractivity contribution in [2.75, 3.05) is 11.8 Å². The topological polar surface area (TPSA) is 115 Å². The van der Waals surface area contributed by atoms with Crippen LogP contribution in [0.2, 0.25) is 5.02 Å². The standard InChI is InChI=1S/C20H13BrClFN2O6S/c1-30-18-4-10-8-31-20(27)9-2-13(21)19(26)17(3-9)32(28,29)25-16-5-11(12(10)7-24-18)15(23)6-14(16)22/h2-7,25-26H,8H2,1H3. The largest absolute Gasteiger partial charge is 0.505 e. The number of phenolic OH excluding ortho intramolecular Hbond substituents is 1. The smallest absolute Gasteiger partial charge is 0.338 e. The fraction of sp³-hybridized carbons (Fsp3) is 0.100. The minimum absolute atomic E-state index is 0.0374. The highest BCUT2D eigenvalue weighted by Crippen LogP contribution is 2.38. The Labute approximate surface area is 195 Å². The molecule has 0 unspecified atom stereocenters. The molecule has 8 nitrogen and oxygen atoms in total. The van der Waals surface area contributed by atoms with E-state index in [2.05, 4.69) is 25.6 Å². The van der Waals surface area contributed by atoms with Gasteiger partial charge in [0, 0.05) is 29.0 Å². The van der Waals surface area contributed by atoms with Crippen molar-refractivity contribution < 1.29 is 32.2 Å². The molecule has 3 aromatic rings. The number of sulfonamides is 1. The Morgan fingerprint density at radius 1 is 1.25 bits per heavy atom. The van der Waals surface area contributed by atoms with Crippen molar-refractivity contribution in [1.82, 2.24) is 4.98 Å². The number of cyclic esters (lactones) is 1. The third kappa shape index (κ3) is 3.98. The number of esters is 1. The van der Waals surface area contributed by atoms with Crippen molar-refractivity contribution in [2.24, 2.45) is 0 Å². The Balaban J connectivity index is 2.01. The average Bonchev–Trinajstić information content (AvgIpc) is 2.75. The fourth-order valence-corrected chi connectivity index (χ4v) is 5.17. The van der Waals surface area contributed by atoms with Gasteiger partial charge in [0.1, 0.15) is 23.1 Å². The summed E-state index contributed by atoms with van der Waals surface area (Å²) in [5.41, 5.74) is 0.281. The number of nitrogens with one attached hydrogen (secondary N) is 1. The van der Waals surface area contributed by atoms with Gasteiger partial charge in [-0.1, -0.05) is 11.6 Å². The van der Waals surface area contributed by atoms with Gasteiger partial charge in [0.2, 0.25) is 5.88 Å². The maximum Gasteiger partial charge on any atom is 0.338 e. The summed E-state index contributed by atoms with van der Waals surface area (Å²) in [5.74, 6) is -2.04. The van der Waals surface area contributed by atoms with Crippen LogP contribution in [0.5, 0.6) is 11.6 Å². The molecular weight excluding hydrogens is 531 g/mol. The summed E-state index contributed by atoms with van der Waals surface area (Å²) >= 11 is 9.13. The number of halogens is 3. The number of carbonyl (C=O) groups is 1. The first-order valence-corrected chi connectivity index (χ1v) is 11.5. The van der Waals surface area contributed by atoms with Crippen LogP contribution in [0.4, 0.5) is 10.1 Å². The number of carbonyl (C=O) groups excluding carboxylic acids is 1. The highest BCUT2D eigenvalue weighted by molar-refractivity contribution is 9.10. The highest BCUT2D eigenvalue weighted by atomic mass is 79.9. The van der Waals surface area contributed by atoms with Crippen LogP contribution in [0.1, 0.15) is 15.9 Å². The van der Waals surface area contributed by atoms with Crippen LogP contribution in [0.15, 0.2) is 45.9 Å². The molecule has 4 rings (SSSR count). The number of pyridine rings is 1. The number of phenols is 1. The maximum absolute atomic E-state index is 14.8. The fourth-order valence-electron chi connectivity index (χ4n) is 3.11. The van der Waals surface area contributed by atoms with E-state index >= 15 is 0 Å². The SMILES string of the molecule is COc1cc2c(cn1)-c1cc(c(Cl)cc1F)NS(=O)(=O)c1cc(cc(Br)c1O)C(=O)OC2. The van der Waals surface area contributed by atoms with E-state index in [1.54, 1.807) is 0 Å². The number of fused-ring (bicyclic) bond motifs is 6. The molecule has 0 saturated carbocycles. The molecular formula is C20H13BrClFN2O6S. The second kappa shape index (κ2) is 8.23. The molecule has 2 heterocycles. The van der Waals surface area contributed by atoms with Gasteiger partial charge >= 0.3 is 5.97 Å². The number of anilines is 1. The first-order chi connectivity index (χ1) is 15.1. The van der Waals surface area contributed by atoms with Gasteiger partial charge in [-0.3, -0.25) is 4.72 Å². The zero-order valence-electron chi connectivity index (χ0n) is 16.1. The lowest BCUT2D eigenvalue weighted by atomic mass is 10.0. The molecule has 0 radical (unpaired) electrons. The Morgan fingerprint density at radius 3 is 2.72 bits per heavy atom. The van der Waals surface area contributed by atoms with Crippen LogP contribution in [-0.4, -0.2) is 31.6 Å². The van der Waals surface area contributed by atoms with Crippen LogP contribution in [0, 0.1) is 5.82 Å². The monoisotopic (exact) mass is 542 g/mol. The Kier molecular flexibility index (Phi) is 5.74. The molecule has 12 heteroatoms. The molecule has 0 amide bonds. The van der Waals surface area contributed by atoms with E-state index in [0.717, 1.165) is 12.1 Å². The third-order valence-corrected chi connectivity index (χ3v) is 6.97. The van der Waals surface area contributed by atoms with Crippen molar-refractivity contribution in [1.29, 1.82) is 0 Å². The predicted octanol–water partition coefficient (Wildman–Crippen LogP) is 4.49. The third-order valence-electron chi connectivity index (χ3n) is 4.68. The van der Waals surface area contributed by atoms with Crippen molar-refractivity contribution in [3.05, 3.63) is 63.0 Å². The van der Waals surface area contributed by atoms with Crippen molar-refractivity contribution in [2.45, 2.75) is 11.5 Å². The summed E-state index contributed by atoms with van der Waals surface area (Å²) in [5, 5.41) is 10.1. The number of nitrogens with zero attached hydrogens (tertiary/aromatic N) is 1. The van der Waals surface area contributed by atoms with Gasteiger partial charge in [-0.2, -0.15) is 0 Å². The predicted molar refractivity (Wildman–Crippen MR) is 117 cm³/mol. The van der Waals surface area contributed by atoms with E-state index in [-0.39, 0.29) is 44.4 Å². The summed E-state index contributed by atoms with van der Waals surface area (Å²) in [6.07, 6.45) is 1.31. The van der Waals surface area contributed by atoms with E-state index in [0.29, 0.717) is 5.56 Å². The van der Waals surface area contributed by atoms with E-state index in [9.17, 15) is 22.7 Å². The van der Waals surface area contributed by atoms with Gasteiger partial charge in [-0.05, 0) is 40.2 Å². The Hall–Kier alpha value is -2.89. The van der Waals surface area contributed by atoms with Crippen LogP contribution >= 0.6 is 27.5 Å². The van der Waals surface area contributed by atoms with E-state index in [1.807, 2.05) is 0 Å². The summed E-state index contributed by atoms with van der Waals surface area (Å²) in [7, 11) is -3.04. The van der Waals surface area contributed by atoms with Gasteiger partial charge in [0.05, 0.1) is 27.9 Å². The zero-order chi connectivity index (χ0) is 23.2. The number of aromatic hydroxyl groups is 1. The van der Waals surface area contributed by atoms with E-state index < -0.39 is 32.5 Å². The number of methoxy groups -OCH3 is 1. The highest BCUT2D eigenvalue weighted by Gasteiger charge is 2.27. The summed E-state index contributed by atoms with van der Waals surface area (Å²) in [4.78, 5) is 16.1. The lowest BCUT2D eigenvalue weighted by Crippen LogP contribution is -2.15. The Morgan fingerprint density at radius 2 is 2.00 bits per heavy atom. The van der Waals surface area contributed by atoms with Crippen LogP contribution in [0.3, 0.4) is 0 Å². The molecule has 2 aromatic carbocycles. The molecule has 1 aliphatic rings. The Bertz CT molecular complexity index is 1380. The number of aromatic nitrogens is 1. The van der Waals surface area contributed by atoms with Crippen molar-refractivity contribution in [3.8, 4) is 22.8 Å². The van der Waals surface area contributed by atoms with Crippen molar-refractivity contribution >= 4 is 49.2 Å². The zero-order valence-corrected chi connectivity index (χ0v) is 19.3. The molecule has 0 atom stereocenters.